The lowest BCUT2D eigenvalue weighted by molar-refractivity contribution is 0.0841. The van der Waals surface area contributed by atoms with Crippen LogP contribution in [-0.4, -0.2) is 38.8 Å². The molecule has 0 aromatic carbocycles. The zero-order chi connectivity index (χ0) is 21.4. The van der Waals surface area contributed by atoms with Gasteiger partial charge in [0.05, 0.1) is 23.9 Å². The highest BCUT2D eigenvalue weighted by Crippen LogP contribution is 2.43. The highest BCUT2D eigenvalue weighted by atomic mass is 32.1. The van der Waals surface area contributed by atoms with Crippen LogP contribution in [0.15, 0.2) is 30.5 Å². The van der Waals surface area contributed by atoms with E-state index in [1.165, 1.54) is 49.1 Å². The van der Waals surface area contributed by atoms with E-state index in [1.807, 2.05) is 12.3 Å². The fraction of sp³-hybridized carbons (Fsp3) is 0.600. The van der Waals surface area contributed by atoms with Gasteiger partial charge in [-0.15, -0.1) is 0 Å². The fourth-order valence-corrected chi connectivity index (χ4v) is 6.27. The minimum atomic E-state index is 0.0513. The van der Waals surface area contributed by atoms with E-state index in [4.69, 9.17) is 21.9 Å². The Morgan fingerprint density at radius 3 is 2.68 bits per heavy atom. The summed E-state index contributed by atoms with van der Waals surface area (Å²) in [5.74, 6) is 0. The van der Waals surface area contributed by atoms with Crippen LogP contribution in [0.4, 0.5) is 0 Å². The highest BCUT2D eigenvalue weighted by Gasteiger charge is 2.42. The average molecular weight is 439 g/mol. The van der Waals surface area contributed by atoms with Crippen molar-refractivity contribution >= 4 is 17.3 Å². The molecule has 0 bridgehead atoms. The minimum Gasteiger partial charge on any atom is -0.376 e. The Kier molecular flexibility index (Phi) is 6.02. The maximum absolute atomic E-state index is 5.99. The molecule has 5 rings (SSSR count). The molecule has 2 aromatic rings. The third kappa shape index (κ3) is 4.00. The molecule has 5 nitrogen and oxygen atoms in total. The van der Waals surface area contributed by atoms with Gasteiger partial charge in [-0.25, -0.2) is 0 Å². The van der Waals surface area contributed by atoms with Gasteiger partial charge in [-0.1, -0.05) is 25.3 Å². The molecule has 3 atom stereocenters. The summed E-state index contributed by atoms with van der Waals surface area (Å²) in [6, 6.07) is 9.38. The summed E-state index contributed by atoms with van der Waals surface area (Å²) < 4.78 is 8.60. The number of thiocarbonyl (C=S) groups is 1. The summed E-state index contributed by atoms with van der Waals surface area (Å²) in [6.07, 6.45) is 11.0. The summed E-state index contributed by atoms with van der Waals surface area (Å²) in [5.41, 5.74) is 5.18. The van der Waals surface area contributed by atoms with Crippen LogP contribution < -0.4 is 5.32 Å². The molecule has 0 spiro atoms. The molecular formula is C25H34N4OS. The van der Waals surface area contributed by atoms with Crippen LogP contribution in [0.2, 0.25) is 0 Å². The van der Waals surface area contributed by atoms with Gasteiger partial charge in [0.15, 0.2) is 5.11 Å². The molecule has 4 heterocycles. The third-order valence-electron chi connectivity index (χ3n) is 7.40. The van der Waals surface area contributed by atoms with Gasteiger partial charge >= 0.3 is 0 Å². The van der Waals surface area contributed by atoms with E-state index in [9.17, 15) is 0 Å². The van der Waals surface area contributed by atoms with E-state index >= 15 is 0 Å². The first-order valence-electron chi connectivity index (χ1n) is 11.9. The Labute approximate surface area is 191 Å². The Morgan fingerprint density at radius 1 is 1.13 bits per heavy atom. The zero-order valence-electron chi connectivity index (χ0n) is 18.7. The summed E-state index contributed by atoms with van der Waals surface area (Å²) in [4.78, 5) is 7.07. The minimum absolute atomic E-state index is 0.0513. The molecule has 1 saturated carbocycles. The summed E-state index contributed by atoms with van der Waals surface area (Å²) in [6.45, 7) is 6.28. The number of pyridine rings is 1. The van der Waals surface area contributed by atoms with Gasteiger partial charge < -0.3 is 19.5 Å². The summed E-state index contributed by atoms with van der Waals surface area (Å²) in [5, 5.41) is 4.43. The van der Waals surface area contributed by atoms with Crippen LogP contribution >= 0.6 is 12.2 Å². The lowest BCUT2D eigenvalue weighted by atomic mass is 9.94. The standard InChI is InChI=1S/C25H34N4OS/c1-17-15-21(18(2)29(17)19-9-4-3-5-10-19)24-23(22-12-6-7-13-26-22)27-25(31)28(24)16-20-11-8-14-30-20/h6-7,12-13,15,19-20,23-24H,3-5,8-11,14,16H2,1-2H3,(H,27,31)/t20-,23-,24-/m0/s1. The number of rotatable bonds is 5. The zero-order valence-corrected chi connectivity index (χ0v) is 19.5. The van der Waals surface area contributed by atoms with Crippen molar-refractivity contribution in [3.05, 3.63) is 53.1 Å². The Morgan fingerprint density at radius 2 is 1.97 bits per heavy atom. The van der Waals surface area contributed by atoms with Crippen molar-refractivity contribution in [2.45, 2.75) is 83.0 Å². The Bertz CT molecular complexity index is 915. The Hall–Kier alpha value is -1.92. The van der Waals surface area contributed by atoms with Gasteiger partial charge in [-0.3, -0.25) is 4.98 Å². The predicted octanol–water partition coefficient (Wildman–Crippen LogP) is 5.16. The van der Waals surface area contributed by atoms with E-state index < -0.39 is 0 Å². The Balaban J connectivity index is 1.54. The molecule has 3 fully saturated rings. The molecule has 0 radical (unpaired) electrons. The van der Waals surface area contributed by atoms with E-state index in [-0.39, 0.29) is 18.2 Å². The molecule has 6 heteroatoms. The number of hydrogen-bond acceptors (Lipinski definition) is 3. The molecule has 0 amide bonds. The number of nitrogens with zero attached hydrogens (tertiary/aromatic N) is 3. The first kappa shape index (κ1) is 21.0. The molecule has 2 saturated heterocycles. The number of ether oxygens (including phenoxy) is 1. The van der Waals surface area contributed by atoms with Crippen molar-refractivity contribution in [3.63, 3.8) is 0 Å². The maximum atomic E-state index is 5.99. The van der Waals surface area contributed by atoms with Gasteiger partial charge in [0.1, 0.15) is 0 Å². The van der Waals surface area contributed by atoms with E-state index in [1.54, 1.807) is 0 Å². The molecule has 1 N–H and O–H groups in total. The number of nitrogens with one attached hydrogen (secondary N) is 1. The maximum Gasteiger partial charge on any atom is 0.170 e. The monoisotopic (exact) mass is 438 g/mol. The van der Waals surface area contributed by atoms with Gasteiger partial charge in [-0.05, 0) is 75.5 Å². The highest BCUT2D eigenvalue weighted by molar-refractivity contribution is 7.80. The quantitative estimate of drug-likeness (QED) is 0.654. The topological polar surface area (TPSA) is 42.3 Å². The molecule has 31 heavy (non-hydrogen) atoms. The van der Waals surface area contributed by atoms with Crippen LogP contribution in [0, 0.1) is 13.8 Å². The van der Waals surface area contributed by atoms with Crippen molar-refractivity contribution in [2.24, 2.45) is 0 Å². The molecule has 0 unspecified atom stereocenters. The lowest BCUT2D eigenvalue weighted by Crippen LogP contribution is -2.36. The molecule has 166 valence electrons. The third-order valence-corrected chi connectivity index (χ3v) is 7.76. The van der Waals surface area contributed by atoms with Crippen LogP contribution in [0.1, 0.15) is 85.7 Å². The van der Waals surface area contributed by atoms with Gasteiger partial charge in [-0.2, -0.15) is 0 Å². The van der Waals surface area contributed by atoms with Gasteiger partial charge in [0.2, 0.25) is 0 Å². The molecule has 2 aliphatic heterocycles. The molecule has 3 aliphatic rings. The second-order valence-corrected chi connectivity index (χ2v) is 9.79. The molecular weight excluding hydrogens is 404 g/mol. The summed E-state index contributed by atoms with van der Waals surface area (Å²) in [7, 11) is 0. The van der Waals surface area contributed by atoms with Gasteiger partial charge in [0.25, 0.3) is 0 Å². The molecule has 2 aromatic heterocycles. The second-order valence-electron chi connectivity index (χ2n) is 9.40. The van der Waals surface area contributed by atoms with Crippen molar-refractivity contribution in [2.75, 3.05) is 13.2 Å². The van der Waals surface area contributed by atoms with Crippen molar-refractivity contribution < 1.29 is 4.74 Å². The van der Waals surface area contributed by atoms with E-state index in [0.717, 1.165) is 36.8 Å². The normalized spacial score (nSPS) is 27.1. The van der Waals surface area contributed by atoms with E-state index in [0.29, 0.717) is 6.04 Å². The van der Waals surface area contributed by atoms with Crippen molar-refractivity contribution in [3.8, 4) is 0 Å². The predicted molar refractivity (Wildman–Crippen MR) is 127 cm³/mol. The lowest BCUT2D eigenvalue weighted by Gasteiger charge is -2.31. The van der Waals surface area contributed by atoms with Crippen LogP contribution in [0.3, 0.4) is 0 Å². The first-order chi connectivity index (χ1) is 15.1. The van der Waals surface area contributed by atoms with Crippen molar-refractivity contribution in [1.29, 1.82) is 0 Å². The van der Waals surface area contributed by atoms with E-state index in [2.05, 4.69) is 46.8 Å². The molecule has 1 aliphatic carbocycles. The smallest absolute Gasteiger partial charge is 0.170 e. The van der Waals surface area contributed by atoms with Crippen LogP contribution in [-0.2, 0) is 4.74 Å². The number of aromatic nitrogens is 2. The van der Waals surface area contributed by atoms with Crippen molar-refractivity contribution in [1.82, 2.24) is 19.8 Å². The SMILES string of the molecule is Cc1cc([C@H]2[C@H](c3ccccn3)NC(=S)N2C[C@@H]2CCCO2)c(C)n1C1CCCCC1. The first-order valence-corrected chi connectivity index (χ1v) is 12.3. The average Bonchev–Trinajstić information content (AvgIpc) is 3.49. The number of aryl methyl sites for hydroxylation is 1. The second kappa shape index (κ2) is 8.91. The number of hydrogen-bond donors (Lipinski definition) is 1. The van der Waals surface area contributed by atoms with Gasteiger partial charge in [0, 0.05) is 36.8 Å². The van der Waals surface area contributed by atoms with Crippen LogP contribution in [0.5, 0.6) is 0 Å². The fourth-order valence-electron chi connectivity index (χ4n) is 5.95. The largest absolute Gasteiger partial charge is 0.376 e. The van der Waals surface area contributed by atoms with Crippen LogP contribution in [0.25, 0.3) is 0 Å². The summed E-state index contributed by atoms with van der Waals surface area (Å²) >= 11 is 5.86.